The zero-order valence-corrected chi connectivity index (χ0v) is 17.8. The lowest BCUT2D eigenvalue weighted by atomic mass is 9.92. The Hall–Kier alpha value is -2.61. The highest BCUT2D eigenvalue weighted by Crippen LogP contribution is 2.26. The van der Waals surface area contributed by atoms with Crippen molar-refractivity contribution in [2.75, 3.05) is 40.0 Å². The second-order valence-electron chi connectivity index (χ2n) is 8.04. The third-order valence-electron chi connectivity index (χ3n) is 5.69. The summed E-state index contributed by atoms with van der Waals surface area (Å²) in [7, 11) is 1.59. The lowest BCUT2D eigenvalue weighted by molar-refractivity contribution is -0.142. The Morgan fingerprint density at radius 2 is 1.83 bits per heavy atom. The molecule has 8 nitrogen and oxygen atoms in total. The molecule has 0 unspecified atom stereocenters. The molecule has 3 amide bonds. The van der Waals surface area contributed by atoms with Crippen LogP contribution in [0.5, 0.6) is 5.75 Å². The predicted octanol–water partition coefficient (Wildman–Crippen LogP) is 2.11. The highest BCUT2D eigenvalue weighted by Gasteiger charge is 2.42. The van der Waals surface area contributed by atoms with Gasteiger partial charge in [-0.3, -0.25) is 9.59 Å². The predicted molar refractivity (Wildman–Crippen MR) is 109 cm³/mol. The van der Waals surface area contributed by atoms with Gasteiger partial charge in [-0.1, -0.05) is 26.0 Å². The molecule has 0 radical (unpaired) electrons. The molecule has 30 heavy (non-hydrogen) atoms. The van der Waals surface area contributed by atoms with Gasteiger partial charge in [0, 0.05) is 19.5 Å². The fraction of sp³-hybridized carbons (Fsp3) is 0.591. The summed E-state index contributed by atoms with van der Waals surface area (Å²) in [5, 5.41) is 0. The van der Waals surface area contributed by atoms with Crippen LogP contribution in [0.25, 0.3) is 0 Å². The Morgan fingerprint density at radius 1 is 1.17 bits per heavy atom. The summed E-state index contributed by atoms with van der Waals surface area (Å²) in [6.07, 6.45) is -0.232. The van der Waals surface area contributed by atoms with Gasteiger partial charge in [-0.25, -0.2) is 9.69 Å². The number of rotatable bonds is 7. The Morgan fingerprint density at radius 3 is 2.43 bits per heavy atom. The summed E-state index contributed by atoms with van der Waals surface area (Å²) in [5.41, 5.74) is 0.901. The number of imide groups is 1. The van der Waals surface area contributed by atoms with Crippen molar-refractivity contribution < 1.29 is 28.6 Å². The van der Waals surface area contributed by atoms with Crippen molar-refractivity contribution in [1.82, 2.24) is 9.80 Å². The zero-order chi connectivity index (χ0) is 21.7. The molecular weight excluding hydrogens is 388 g/mol. The van der Waals surface area contributed by atoms with Gasteiger partial charge in [-0.05, 0) is 30.0 Å². The minimum atomic E-state index is -0.652. The number of nitrogens with zero attached hydrogens (tertiary/aromatic N) is 2. The standard InChI is InChI=1S/C22H30N2O6/c1-15(2)19-14-30-22(27)24(19)21(26)17(12-16-4-6-18(28-3)7-5-16)13-20(25)23-8-10-29-11-9-23/h4-7,15,17,19H,8-14H2,1-3H3/t17-,19-/m1/s1. The van der Waals surface area contributed by atoms with Crippen molar-refractivity contribution in [1.29, 1.82) is 0 Å². The third kappa shape index (κ3) is 5.11. The average molecular weight is 418 g/mol. The van der Waals surface area contributed by atoms with Gasteiger partial charge in [0.2, 0.25) is 11.8 Å². The molecule has 1 aromatic carbocycles. The van der Waals surface area contributed by atoms with E-state index in [0.29, 0.717) is 38.5 Å². The number of hydrogen-bond donors (Lipinski definition) is 0. The minimum Gasteiger partial charge on any atom is -0.497 e. The van der Waals surface area contributed by atoms with E-state index in [4.69, 9.17) is 14.2 Å². The van der Waals surface area contributed by atoms with E-state index in [1.807, 2.05) is 38.1 Å². The van der Waals surface area contributed by atoms with Crippen LogP contribution in [0.15, 0.2) is 24.3 Å². The molecule has 2 aliphatic rings. The van der Waals surface area contributed by atoms with Crippen molar-refractivity contribution in [2.24, 2.45) is 11.8 Å². The summed E-state index contributed by atoms with van der Waals surface area (Å²) in [6, 6.07) is 7.08. The third-order valence-corrected chi connectivity index (χ3v) is 5.69. The molecule has 2 aliphatic heterocycles. The fourth-order valence-electron chi connectivity index (χ4n) is 3.82. The maximum Gasteiger partial charge on any atom is 0.416 e. The van der Waals surface area contributed by atoms with Gasteiger partial charge < -0.3 is 19.1 Å². The van der Waals surface area contributed by atoms with E-state index in [-0.39, 0.29) is 36.8 Å². The van der Waals surface area contributed by atoms with Crippen LogP contribution in [0, 0.1) is 11.8 Å². The van der Waals surface area contributed by atoms with E-state index >= 15 is 0 Å². The van der Waals surface area contributed by atoms with Gasteiger partial charge in [0.05, 0.1) is 32.3 Å². The van der Waals surface area contributed by atoms with E-state index in [1.54, 1.807) is 12.0 Å². The molecule has 8 heteroatoms. The van der Waals surface area contributed by atoms with E-state index < -0.39 is 12.0 Å². The molecule has 0 aromatic heterocycles. The van der Waals surface area contributed by atoms with Crippen molar-refractivity contribution in [2.45, 2.75) is 32.7 Å². The summed E-state index contributed by atoms with van der Waals surface area (Å²) in [5.74, 6) is -0.320. The normalized spacial score (nSPS) is 20.3. The van der Waals surface area contributed by atoms with Gasteiger partial charge in [0.15, 0.2) is 0 Å². The summed E-state index contributed by atoms with van der Waals surface area (Å²) < 4.78 is 15.7. The topological polar surface area (TPSA) is 85.4 Å². The van der Waals surface area contributed by atoms with Gasteiger partial charge in [-0.2, -0.15) is 0 Å². The van der Waals surface area contributed by atoms with Gasteiger partial charge in [0.1, 0.15) is 12.4 Å². The Kier molecular flexibility index (Phi) is 7.31. The monoisotopic (exact) mass is 418 g/mol. The van der Waals surface area contributed by atoms with Crippen LogP contribution in [0.1, 0.15) is 25.8 Å². The second-order valence-corrected chi connectivity index (χ2v) is 8.04. The first-order valence-corrected chi connectivity index (χ1v) is 10.4. The second kappa shape index (κ2) is 9.93. The first kappa shape index (κ1) is 22.1. The highest BCUT2D eigenvalue weighted by molar-refractivity contribution is 5.96. The minimum absolute atomic E-state index is 0.0411. The van der Waals surface area contributed by atoms with E-state index in [2.05, 4.69) is 0 Å². The average Bonchev–Trinajstić information content (AvgIpc) is 3.15. The van der Waals surface area contributed by atoms with Crippen LogP contribution in [-0.2, 0) is 25.5 Å². The molecule has 164 valence electrons. The van der Waals surface area contributed by atoms with Crippen LogP contribution in [0.2, 0.25) is 0 Å². The quantitative estimate of drug-likeness (QED) is 0.674. The molecule has 0 N–H and O–H groups in total. The largest absolute Gasteiger partial charge is 0.497 e. The van der Waals surface area contributed by atoms with Crippen LogP contribution >= 0.6 is 0 Å². The van der Waals surface area contributed by atoms with Gasteiger partial charge in [0.25, 0.3) is 0 Å². The fourth-order valence-corrected chi connectivity index (χ4v) is 3.82. The molecule has 2 atom stereocenters. The van der Waals surface area contributed by atoms with Crippen molar-refractivity contribution in [3.8, 4) is 5.75 Å². The summed E-state index contributed by atoms with van der Waals surface area (Å²) >= 11 is 0. The van der Waals surface area contributed by atoms with Gasteiger partial charge >= 0.3 is 6.09 Å². The lowest BCUT2D eigenvalue weighted by Crippen LogP contribution is -2.47. The SMILES string of the molecule is COc1ccc(C[C@H](CC(=O)N2CCOCC2)C(=O)N2C(=O)OC[C@@H]2C(C)C)cc1. The van der Waals surface area contributed by atoms with Crippen LogP contribution in [0.4, 0.5) is 4.79 Å². The number of hydrogen-bond acceptors (Lipinski definition) is 6. The number of benzene rings is 1. The molecule has 3 rings (SSSR count). The Bertz CT molecular complexity index is 757. The summed E-state index contributed by atoms with van der Waals surface area (Å²) in [6.45, 7) is 6.11. The van der Waals surface area contributed by atoms with Gasteiger partial charge in [-0.15, -0.1) is 0 Å². The van der Waals surface area contributed by atoms with Crippen LogP contribution < -0.4 is 4.74 Å². The van der Waals surface area contributed by atoms with E-state index in [9.17, 15) is 14.4 Å². The van der Waals surface area contributed by atoms with Crippen LogP contribution in [0.3, 0.4) is 0 Å². The Labute approximate surface area is 177 Å². The van der Waals surface area contributed by atoms with Crippen molar-refractivity contribution >= 4 is 17.9 Å². The maximum atomic E-state index is 13.4. The summed E-state index contributed by atoms with van der Waals surface area (Å²) in [4.78, 5) is 41.5. The van der Waals surface area contributed by atoms with E-state index in [1.165, 1.54) is 4.90 Å². The lowest BCUT2D eigenvalue weighted by Gasteiger charge is -2.30. The Balaban J connectivity index is 1.80. The van der Waals surface area contributed by atoms with Crippen molar-refractivity contribution in [3.63, 3.8) is 0 Å². The van der Waals surface area contributed by atoms with E-state index in [0.717, 1.165) is 5.56 Å². The number of cyclic esters (lactones) is 1. The molecule has 0 saturated carbocycles. The number of ether oxygens (including phenoxy) is 3. The highest BCUT2D eigenvalue weighted by atomic mass is 16.6. The molecule has 0 bridgehead atoms. The molecule has 1 aromatic rings. The molecular formula is C22H30N2O6. The smallest absolute Gasteiger partial charge is 0.416 e. The number of methoxy groups -OCH3 is 1. The molecule has 2 fully saturated rings. The molecule has 0 aliphatic carbocycles. The zero-order valence-electron chi connectivity index (χ0n) is 17.8. The van der Waals surface area contributed by atoms with Crippen molar-refractivity contribution in [3.05, 3.63) is 29.8 Å². The molecule has 0 spiro atoms. The first-order chi connectivity index (χ1) is 14.4. The number of carbonyl (C=O) groups excluding carboxylic acids is 3. The number of carbonyl (C=O) groups is 3. The molecule has 2 heterocycles. The number of morpholine rings is 1. The maximum absolute atomic E-state index is 13.4. The molecule has 2 saturated heterocycles. The van der Waals surface area contributed by atoms with Crippen LogP contribution in [-0.4, -0.2) is 73.8 Å². The first-order valence-electron chi connectivity index (χ1n) is 10.4. The number of amides is 3.